The quantitative estimate of drug-likeness (QED) is 0.211. The summed E-state index contributed by atoms with van der Waals surface area (Å²) in [5.74, 6) is 0. The van der Waals surface area contributed by atoms with Crippen molar-refractivity contribution in [2.24, 2.45) is 0 Å². The van der Waals surface area contributed by atoms with Gasteiger partial charge in [-0.1, -0.05) is 103 Å². The number of furan rings is 1. The lowest BCUT2D eigenvalue weighted by Crippen LogP contribution is -1.98. The summed E-state index contributed by atoms with van der Waals surface area (Å²) >= 11 is 0. The minimum Gasteiger partial charge on any atom is -0.456 e. The van der Waals surface area contributed by atoms with Gasteiger partial charge in [-0.2, -0.15) is 0 Å². The molecule has 0 atom stereocenters. The van der Waals surface area contributed by atoms with Crippen molar-refractivity contribution in [2.75, 3.05) is 0 Å². The molecular formula is C40H24N2O. The Labute approximate surface area is 246 Å². The highest BCUT2D eigenvalue weighted by Gasteiger charge is 2.22. The fourth-order valence-corrected chi connectivity index (χ4v) is 7.27. The Bertz CT molecular complexity index is 2720. The molecule has 0 bridgehead atoms. The normalized spacial score (nSPS) is 12.2. The third-order valence-corrected chi connectivity index (χ3v) is 9.08. The molecular weight excluding hydrogens is 524 g/mol. The van der Waals surface area contributed by atoms with Crippen LogP contribution in [0.3, 0.4) is 0 Å². The van der Waals surface area contributed by atoms with E-state index in [1.165, 1.54) is 54.4 Å². The molecule has 10 rings (SSSR count). The van der Waals surface area contributed by atoms with Gasteiger partial charge in [-0.05, 0) is 47.9 Å². The molecule has 0 aliphatic heterocycles. The second kappa shape index (κ2) is 8.37. The van der Waals surface area contributed by atoms with Gasteiger partial charge in [0.1, 0.15) is 11.2 Å². The van der Waals surface area contributed by atoms with E-state index in [2.05, 4.69) is 143 Å². The molecule has 0 fully saturated rings. The van der Waals surface area contributed by atoms with Crippen LogP contribution in [0.25, 0.3) is 87.7 Å². The Morgan fingerprint density at radius 1 is 0.349 bits per heavy atom. The Hall–Kier alpha value is -5.80. The summed E-state index contributed by atoms with van der Waals surface area (Å²) in [5.41, 5.74) is 8.92. The number of rotatable bonds is 2. The standard InChI is InChI=1S/C40H24N2O/c1-2-11-26(12-3-1)42-38-28-13-5-4-10-25(28)18-20-32(38)33-22-21-31-29-14-6-8-16-35(29)41(39(31)40(33)42)27-19-23-37-34(24-27)30-15-7-9-17-36(30)43-37/h1-24H. The third-order valence-electron chi connectivity index (χ3n) is 9.08. The first-order valence-electron chi connectivity index (χ1n) is 14.7. The van der Waals surface area contributed by atoms with Crippen LogP contribution in [0, 0.1) is 0 Å². The summed E-state index contributed by atoms with van der Waals surface area (Å²) in [5, 5.41) is 9.74. The van der Waals surface area contributed by atoms with Crippen LogP contribution >= 0.6 is 0 Å². The van der Waals surface area contributed by atoms with E-state index in [0.717, 1.165) is 33.3 Å². The summed E-state index contributed by atoms with van der Waals surface area (Å²) in [6.07, 6.45) is 0. The van der Waals surface area contributed by atoms with Crippen LogP contribution in [0.4, 0.5) is 0 Å². The van der Waals surface area contributed by atoms with Crippen LogP contribution in [0.15, 0.2) is 150 Å². The number of aromatic nitrogens is 2. The summed E-state index contributed by atoms with van der Waals surface area (Å²) in [4.78, 5) is 0. The maximum absolute atomic E-state index is 6.21. The van der Waals surface area contributed by atoms with Crippen molar-refractivity contribution in [3.63, 3.8) is 0 Å². The molecule has 200 valence electrons. The lowest BCUT2D eigenvalue weighted by molar-refractivity contribution is 0.669. The van der Waals surface area contributed by atoms with Crippen LogP contribution in [0.1, 0.15) is 0 Å². The van der Waals surface area contributed by atoms with Crippen LogP contribution in [0.2, 0.25) is 0 Å². The van der Waals surface area contributed by atoms with E-state index in [1.54, 1.807) is 0 Å². The lowest BCUT2D eigenvalue weighted by Gasteiger charge is -2.13. The zero-order valence-corrected chi connectivity index (χ0v) is 23.2. The summed E-state index contributed by atoms with van der Waals surface area (Å²) in [7, 11) is 0. The van der Waals surface area contributed by atoms with Crippen molar-refractivity contribution >= 4 is 76.3 Å². The van der Waals surface area contributed by atoms with E-state index in [4.69, 9.17) is 4.42 Å². The molecule has 0 spiro atoms. The number of fused-ring (bicyclic) bond motifs is 12. The van der Waals surface area contributed by atoms with Gasteiger partial charge in [0.05, 0.1) is 22.1 Å². The minimum absolute atomic E-state index is 0.903. The number of nitrogens with zero attached hydrogens (tertiary/aromatic N) is 2. The number of hydrogen-bond donors (Lipinski definition) is 0. The monoisotopic (exact) mass is 548 g/mol. The molecule has 0 aliphatic rings. The summed E-state index contributed by atoms with van der Waals surface area (Å²) in [6.45, 7) is 0. The van der Waals surface area contributed by atoms with Crippen molar-refractivity contribution < 1.29 is 4.42 Å². The number of para-hydroxylation sites is 3. The maximum atomic E-state index is 6.21. The van der Waals surface area contributed by atoms with Gasteiger partial charge in [-0.25, -0.2) is 0 Å². The van der Waals surface area contributed by atoms with E-state index < -0.39 is 0 Å². The first-order valence-corrected chi connectivity index (χ1v) is 14.7. The predicted octanol–water partition coefficient (Wildman–Crippen LogP) is 10.9. The van der Waals surface area contributed by atoms with Gasteiger partial charge in [0.15, 0.2) is 0 Å². The summed E-state index contributed by atoms with van der Waals surface area (Å²) in [6, 6.07) is 52.4. The number of hydrogen-bond acceptors (Lipinski definition) is 1. The average Bonchev–Trinajstić information content (AvgIpc) is 3.72. The molecule has 0 saturated carbocycles. The predicted molar refractivity (Wildman–Crippen MR) is 180 cm³/mol. The smallest absolute Gasteiger partial charge is 0.135 e. The molecule has 0 amide bonds. The molecule has 0 radical (unpaired) electrons. The van der Waals surface area contributed by atoms with Crippen LogP contribution < -0.4 is 0 Å². The Balaban J connectivity index is 1.46. The Kier molecular flexibility index (Phi) is 4.45. The van der Waals surface area contributed by atoms with Gasteiger partial charge in [0.25, 0.3) is 0 Å². The lowest BCUT2D eigenvalue weighted by atomic mass is 10.0. The SMILES string of the molecule is c1ccc(-n2c3c4ccccc4ccc3c3ccc4c5ccccc5n(-c5ccc6oc7ccccc7c6c5)c4c32)cc1. The second-order valence-corrected chi connectivity index (χ2v) is 11.3. The molecule has 0 aliphatic carbocycles. The highest BCUT2D eigenvalue weighted by molar-refractivity contribution is 6.27. The minimum atomic E-state index is 0.903. The van der Waals surface area contributed by atoms with E-state index in [1.807, 2.05) is 12.1 Å². The van der Waals surface area contributed by atoms with Crippen LogP contribution in [-0.4, -0.2) is 9.13 Å². The van der Waals surface area contributed by atoms with E-state index in [9.17, 15) is 0 Å². The molecule has 3 nitrogen and oxygen atoms in total. The van der Waals surface area contributed by atoms with E-state index in [0.29, 0.717) is 0 Å². The first kappa shape index (κ1) is 22.8. The Morgan fingerprint density at radius 2 is 0.977 bits per heavy atom. The first-order chi connectivity index (χ1) is 21.3. The molecule has 0 saturated heterocycles. The molecule has 0 unspecified atom stereocenters. The van der Waals surface area contributed by atoms with E-state index >= 15 is 0 Å². The molecule has 3 heteroatoms. The molecule has 0 N–H and O–H groups in total. The maximum Gasteiger partial charge on any atom is 0.135 e. The fourth-order valence-electron chi connectivity index (χ4n) is 7.27. The zero-order valence-electron chi connectivity index (χ0n) is 23.2. The molecule has 43 heavy (non-hydrogen) atoms. The van der Waals surface area contributed by atoms with Crippen molar-refractivity contribution in [3.8, 4) is 11.4 Å². The molecule has 7 aromatic carbocycles. The zero-order chi connectivity index (χ0) is 28.1. The van der Waals surface area contributed by atoms with Gasteiger partial charge < -0.3 is 13.6 Å². The van der Waals surface area contributed by atoms with Gasteiger partial charge >= 0.3 is 0 Å². The van der Waals surface area contributed by atoms with Gasteiger partial charge in [0.2, 0.25) is 0 Å². The van der Waals surface area contributed by atoms with Crippen LogP contribution in [-0.2, 0) is 0 Å². The topological polar surface area (TPSA) is 23.0 Å². The van der Waals surface area contributed by atoms with Gasteiger partial charge in [-0.3, -0.25) is 0 Å². The van der Waals surface area contributed by atoms with Crippen LogP contribution in [0.5, 0.6) is 0 Å². The van der Waals surface area contributed by atoms with Crippen molar-refractivity contribution in [1.82, 2.24) is 9.13 Å². The third kappa shape index (κ3) is 3.03. The largest absolute Gasteiger partial charge is 0.456 e. The molecule has 3 heterocycles. The second-order valence-electron chi connectivity index (χ2n) is 11.3. The molecule has 3 aromatic heterocycles. The highest BCUT2D eigenvalue weighted by atomic mass is 16.3. The molecule has 10 aromatic rings. The van der Waals surface area contributed by atoms with E-state index in [-0.39, 0.29) is 0 Å². The fraction of sp³-hybridized carbons (Fsp3) is 0. The van der Waals surface area contributed by atoms with Gasteiger partial charge in [-0.15, -0.1) is 0 Å². The number of benzene rings is 7. The summed E-state index contributed by atoms with van der Waals surface area (Å²) < 4.78 is 11.2. The van der Waals surface area contributed by atoms with Crippen molar-refractivity contribution in [3.05, 3.63) is 146 Å². The van der Waals surface area contributed by atoms with Crippen molar-refractivity contribution in [1.29, 1.82) is 0 Å². The Morgan fingerprint density at radius 3 is 1.86 bits per heavy atom. The highest BCUT2D eigenvalue weighted by Crippen LogP contribution is 2.43. The van der Waals surface area contributed by atoms with Crippen molar-refractivity contribution in [2.45, 2.75) is 0 Å². The average molecular weight is 549 g/mol. The van der Waals surface area contributed by atoms with Gasteiger partial charge in [0, 0.05) is 49.1 Å².